The second-order valence-electron chi connectivity index (χ2n) is 5.22. The minimum Gasteiger partial charge on any atom is -0.375 e. The molecular weight excluding hydrogens is 346 g/mol. The Balaban J connectivity index is 1.65. The summed E-state index contributed by atoms with van der Waals surface area (Å²) in [7, 11) is -1.60. The topological polar surface area (TPSA) is 78.5 Å². The van der Waals surface area contributed by atoms with E-state index >= 15 is 0 Å². The van der Waals surface area contributed by atoms with Crippen molar-refractivity contribution in [1.82, 2.24) is 10.0 Å². The second kappa shape index (κ2) is 8.81. The van der Waals surface area contributed by atoms with Crippen molar-refractivity contribution in [2.24, 2.45) is 0 Å². The van der Waals surface area contributed by atoms with Gasteiger partial charge in [0.1, 0.15) is 4.21 Å². The van der Waals surface area contributed by atoms with E-state index in [1.807, 2.05) is 37.4 Å². The third kappa shape index (κ3) is 5.63. The van der Waals surface area contributed by atoms with Crippen LogP contribution >= 0.6 is 11.3 Å². The number of amides is 1. The molecule has 130 valence electrons. The Kier molecular flexibility index (Phi) is 6.77. The van der Waals surface area contributed by atoms with Gasteiger partial charge >= 0.3 is 0 Å². The Morgan fingerprint density at radius 2 is 1.92 bits per heavy atom. The maximum atomic E-state index is 11.9. The quantitative estimate of drug-likeness (QED) is 0.661. The van der Waals surface area contributed by atoms with Crippen LogP contribution in [0.25, 0.3) is 0 Å². The molecule has 0 saturated heterocycles. The van der Waals surface area contributed by atoms with Crippen molar-refractivity contribution >= 4 is 33.0 Å². The molecule has 1 amide bonds. The van der Waals surface area contributed by atoms with Gasteiger partial charge in [0.25, 0.3) is 10.0 Å². The Labute approximate surface area is 146 Å². The number of anilines is 1. The minimum atomic E-state index is -3.59. The monoisotopic (exact) mass is 367 g/mol. The van der Waals surface area contributed by atoms with Gasteiger partial charge in [0.2, 0.25) is 5.91 Å². The zero-order valence-corrected chi connectivity index (χ0v) is 15.1. The van der Waals surface area contributed by atoms with Crippen LogP contribution in [0.5, 0.6) is 0 Å². The number of rotatable bonds is 9. The Morgan fingerprint density at radius 1 is 1.17 bits per heavy atom. The van der Waals surface area contributed by atoms with Crippen LogP contribution < -0.4 is 14.9 Å². The molecule has 1 aromatic heterocycles. The molecule has 8 heteroatoms. The Hall–Kier alpha value is -1.90. The summed E-state index contributed by atoms with van der Waals surface area (Å²) in [6.45, 7) is 1.04. The molecule has 6 nitrogen and oxygen atoms in total. The van der Waals surface area contributed by atoms with Crippen molar-refractivity contribution < 1.29 is 13.2 Å². The standard InChI is InChI=1S/C16H21N3O3S2/c1-19(14-7-3-2-4-8-14)11-6-10-17-15(20)13-18-24(21,22)16-9-5-12-23-16/h2-5,7-9,12,18H,6,10-11,13H2,1H3,(H,17,20). The first-order chi connectivity index (χ1) is 11.5. The summed E-state index contributed by atoms with van der Waals surface area (Å²) < 4.78 is 26.3. The largest absolute Gasteiger partial charge is 0.375 e. The molecular formula is C16H21N3O3S2. The first kappa shape index (κ1) is 18.4. The second-order valence-corrected chi connectivity index (χ2v) is 8.16. The predicted molar refractivity (Wildman–Crippen MR) is 96.8 cm³/mol. The summed E-state index contributed by atoms with van der Waals surface area (Å²) >= 11 is 1.12. The van der Waals surface area contributed by atoms with Crippen molar-refractivity contribution in [3.63, 3.8) is 0 Å². The summed E-state index contributed by atoms with van der Waals surface area (Å²) in [5, 5.41) is 4.40. The SMILES string of the molecule is CN(CCCNC(=O)CNS(=O)(=O)c1cccs1)c1ccccc1. The van der Waals surface area contributed by atoms with Crippen LogP contribution in [-0.4, -0.2) is 41.0 Å². The van der Waals surface area contributed by atoms with Crippen LogP contribution in [0.1, 0.15) is 6.42 Å². The van der Waals surface area contributed by atoms with E-state index in [-0.39, 0.29) is 16.7 Å². The van der Waals surface area contributed by atoms with E-state index in [4.69, 9.17) is 0 Å². The van der Waals surface area contributed by atoms with Crippen LogP contribution in [-0.2, 0) is 14.8 Å². The average molecular weight is 367 g/mol. The lowest BCUT2D eigenvalue weighted by Gasteiger charge is -2.19. The van der Waals surface area contributed by atoms with Crippen molar-refractivity contribution in [2.45, 2.75) is 10.6 Å². The van der Waals surface area contributed by atoms with Crippen LogP contribution in [0.15, 0.2) is 52.1 Å². The lowest BCUT2D eigenvalue weighted by molar-refractivity contribution is -0.119. The fraction of sp³-hybridized carbons (Fsp3) is 0.312. The molecule has 1 aromatic carbocycles. The molecule has 0 bridgehead atoms. The van der Waals surface area contributed by atoms with Crippen LogP contribution in [0.2, 0.25) is 0 Å². The first-order valence-electron chi connectivity index (χ1n) is 7.55. The highest BCUT2D eigenvalue weighted by Gasteiger charge is 2.15. The third-order valence-corrected chi connectivity index (χ3v) is 6.17. The van der Waals surface area contributed by atoms with Gasteiger partial charge in [0.15, 0.2) is 0 Å². The molecule has 0 fully saturated rings. The fourth-order valence-electron chi connectivity index (χ4n) is 2.07. The number of hydrogen-bond donors (Lipinski definition) is 2. The molecule has 0 aliphatic heterocycles. The zero-order chi connectivity index (χ0) is 17.4. The van der Waals surface area contributed by atoms with E-state index in [0.29, 0.717) is 6.54 Å². The first-order valence-corrected chi connectivity index (χ1v) is 9.91. The normalized spacial score (nSPS) is 11.2. The van der Waals surface area contributed by atoms with E-state index in [1.54, 1.807) is 11.4 Å². The number of para-hydroxylation sites is 1. The van der Waals surface area contributed by atoms with E-state index in [9.17, 15) is 13.2 Å². The highest BCUT2D eigenvalue weighted by atomic mass is 32.2. The summed E-state index contributed by atoms with van der Waals surface area (Å²) in [6.07, 6.45) is 0.773. The maximum Gasteiger partial charge on any atom is 0.250 e. The van der Waals surface area contributed by atoms with Gasteiger partial charge in [0, 0.05) is 25.8 Å². The number of thiophene rings is 1. The summed E-state index contributed by atoms with van der Waals surface area (Å²) in [6, 6.07) is 13.1. The van der Waals surface area contributed by atoms with Crippen LogP contribution in [0.3, 0.4) is 0 Å². The number of nitrogens with zero attached hydrogens (tertiary/aromatic N) is 1. The fourth-order valence-corrected chi connectivity index (χ4v) is 4.09. The number of sulfonamides is 1. The molecule has 2 N–H and O–H groups in total. The van der Waals surface area contributed by atoms with Gasteiger partial charge in [-0.3, -0.25) is 4.79 Å². The zero-order valence-electron chi connectivity index (χ0n) is 13.4. The Bertz CT molecular complexity index is 731. The number of benzene rings is 1. The smallest absolute Gasteiger partial charge is 0.250 e. The summed E-state index contributed by atoms with van der Waals surface area (Å²) in [4.78, 5) is 13.8. The molecule has 0 aliphatic carbocycles. The minimum absolute atomic E-state index is 0.208. The lowest BCUT2D eigenvalue weighted by Crippen LogP contribution is -2.37. The van der Waals surface area contributed by atoms with Crippen molar-refractivity contribution in [3.05, 3.63) is 47.8 Å². The number of nitrogens with one attached hydrogen (secondary N) is 2. The molecule has 24 heavy (non-hydrogen) atoms. The van der Waals surface area contributed by atoms with Crippen molar-refractivity contribution in [1.29, 1.82) is 0 Å². The van der Waals surface area contributed by atoms with Crippen molar-refractivity contribution in [2.75, 3.05) is 31.6 Å². The van der Waals surface area contributed by atoms with Crippen molar-refractivity contribution in [3.8, 4) is 0 Å². The predicted octanol–water partition coefficient (Wildman–Crippen LogP) is 1.67. The lowest BCUT2D eigenvalue weighted by atomic mass is 10.3. The van der Waals surface area contributed by atoms with E-state index in [0.717, 1.165) is 30.0 Å². The van der Waals surface area contributed by atoms with Gasteiger partial charge in [-0.1, -0.05) is 24.3 Å². The van der Waals surface area contributed by atoms with Gasteiger partial charge in [-0.05, 0) is 30.0 Å². The molecule has 0 radical (unpaired) electrons. The van der Waals surface area contributed by atoms with E-state index in [2.05, 4.69) is 14.9 Å². The molecule has 2 rings (SSSR count). The highest BCUT2D eigenvalue weighted by molar-refractivity contribution is 7.91. The molecule has 1 heterocycles. The van der Waals surface area contributed by atoms with E-state index < -0.39 is 10.0 Å². The average Bonchev–Trinajstić information content (AvgIpc) is 3.13. The summed E-state index contributed by atoms with van der Waals surface area (Å²) in [5.74, 6) is -0.336. The van der Waals surface area contributed by atoms with Gasteiger partial charge < -0.3 is 10.2 Å². The molecule has 0 aliphatic rings. The molecule has 0 unspecified atom stereocenters. The summed E-state index contributed by atoms with van der Waals surface area (Å²) in [5.41, 5.74) is 1.12. The third-order valence-electron chi connectivity index (χ3n) is 3.37. The number of hydrogen-bond acceptors (Lipinski definition) is 5. The van der Waals surface area contributed by atoms with Gasteiger partial charge in [-0.2, -0.15) is 0 Å². The number of carbonyl (C=O) groups excluding carboxylic acids is 1. The molecule has 0 atom stereocenters. The molecule has 0 spiro atoms. The van der Waals surface area contributed by atoms with Gasteiger partial charge in [-0.25, -0.2) is 13.1 Å². The van der Waals surface area contributed by atoms with Gasteiger partial charge in [0.05, 0.1) is 6.54 Å². The van der Waals surface area contributed by atoms with Gasteiger partial charge in [-0.15, -0.1) is 11.3 Å². The molecule has 0 saturated carbocycles. The Morgan fingerprint density at radius 3 is 2.58 bits per heavy atom. The van der Waals surface area contributed by atoms with Crippen LogP contribution in [0.4, 0.5) is 5.69 Å². The highest BCUT2D eigenvalue weighted by Crippen LogP contribution is 2.14. The van der Waals surface area contributed by atoms with E-state index in [1.165, 1.54) is 6.07 Å². The maximum absolute atomic E-state index is 11.9. The van der Waals surface area contributed by atoms with Crippen LogP contribution in [0, 0.1) is 0 Å². The number of carbonyl (C=O) groups is 1. The molecule has 2 aromatic rings.